The van der Waals surface area contributed by atoms with Crippen molar-refractivity contribution in [3.8, 4) is 0 Å². The zero-order valence-corrected chi connectivity index (χ0v) is 7.57. The van der Waals surface area contributed by atoms with Crippen molar-refractivity contribution in [3.05, 3.63) is 23.3 Å². The SMILES string of the molecule is CC/C=C(\C)CC=C(C)C. The molecule has 10 heavy (non-hydrogen) atoms. The Hall–Kier alpha value is -0.520. The van der Waals surface area contributed by atoms with Gasteiger partial charge in [-0.05, 0) is 33.6 Å². The van der Waals surface area contributed by atoms with Gasteiger partial charge >= 0.3 is 0 Å². The first-order valence-corrected chi connectivity index (χ1v) is 3.95. The van der Waals surface area contributed by atoms with Crippen LogP contribution in [0.5, 0.6) is 0 Å². The average Bonchev–Trinajstić information content (AvgIpc) is 1.85. The van der Waals surface area contributed by atoms with Crippen molar-refractivity contribution in [1.82, 2.24) is 0 Å². The molecule has 0 atom stereocenters. The Morgan fingerprint density at radius 2 is 1.70 bits per heavy atom. The van der Waals surface area contributed by atoms with Gasteiger partial charge in [-0.1, -0.05) is 30.2 Å². The summed E-state index contributed by atoms with van der Waals surface area (Å²) in [4.78, 5) is 0. The summed E-state index contributed by atoms with van der Waals surface area (Å²) in [5.74, 6) is 0. The van der Waals surface area contributed by atoms with Gasteiger partial charge < -0.3 is 0 Å². The van der Waals surface area contributed by atoms with E-state index in [1.165, 1.54) is 11.1 Å². The molecule has 0 nitrogen and oxygen atoms in total. The highest BCUT2D eigenvalue weighted by molar-refractivity contribution is 5.07. The summed E-state index contributed by atoms with van der Waals surface area (Å²) in [6.45, 7) is 8.63. The van der Waals surface area contributed by atoms with Crippen LogP contribution in [0.15, 0.2) is 23.3 Å². The molecule has 0 rings (SSSR count). The second kappa shape index (κ2) is 5.28. The summed E-state index contributed by atoms with van der Waals surface area (Å²) in [5, 5.41) is 0. The fourth-order valence-electron chi connectivity index (χ4n) is 0.797. The minimum atomic E-state index is 1.12. The van der Waals surface area contributed by atoms with Crippen LogP contribution in [-0.4, -0.2) is 0 Å². The maximum Gasteiger partial charge on any atom is -0.0139 e. The van der Waals surface area contributed by atoms with Crippen LogP contribution >= 0.6 is 0 Å². The van der Waals surface area contributed by atoms with E-state index in [0.717, 1.165) is 12.8 Å². The van der Waals surface area contributed by atoms with Crippen LogP contribution in [0.25, 0.3) is 0 Å². The zero-order valence-electron chi connectivity index (χ0n) is 7.57. The molecule has 0 unspecified atom stereocenters. The molecular formula is C10H18. The molecule has 0 bridgehead atoms. The molecule has 0 aliphatic heterocycles. The molecule has 0 fully saturated rings. The lowest BCUT2D eigenvalue weighted by molar-refractivity contribution is 1.11. The van der Waals surface area contributed by atoms with Gasteiger partial charge in [-0.3, -0.25) is 0 Å². The summed E-state index contributed by atoms with van der Waals surface area (Å²) in [5.41, 5.74) is 2.88. The van der Waals surface area contributed by atoms with Crippen LogP contribution in [0.1, 0.15) is 40.5 Å². The van der Waals surface area contributed by atoms with Gasteiger partial charge in [-0.15, -0.1) is 0 Å². The number of hydrogen-bond acceptors (Lipinski definition) is 0. The van der Waals surface area contributed by atoms with E-state index in [-0.39, 0.29) is 0 Å². The largest absolute Gasteiger partial charge is 0.0856 e. The van der Waals surface area contributed by atoms with Crippen LogP contribution in [0.3, 0.4) is 0 Å². The molecule has 0 radical (unpaired) electrons. The van der Waals surface area contributed by atoms with E-state index < -0.39 is 0 Å². The van der Waals surface area contributed by atoms with Gasteiger partial charge in [0.2, 0.25) is 0 Å². The smallest absolute Gasteiger partial charge is 0.0139 e. The molecule has 0 N–H and O–H groups in total. The third-order valence-corrected chi connectivity index (χ3v) is 1.38. The lowest BCUT2D eigenvalue weighted by Gasteiger charge is -1.94. The minimum Gasteiger partial charge on any atom is -0.0856 e. The van der Waals surface area contributed by atoms with Gasteiger partial charge in [0, 0.05) is 0 Å². The quantitative estimate of drug-likeness (QED) is 0.522. The molecule has 0 spiro atoms. The Bertz CT molecular complexity index is 134. The van der Waals surface area contributed by atoms with Crippen molar-refractivity contribution in [2.24, 2.45) is 0 Å². The first-order chi connectivity index (χ1) is 4.66. The maximum atomic E-state index is 2.28. The summed E-state index contributed by atoms with van der Waals surface area (Å²) in [6, 6.07) is 0. The highest BCUT2D eigenvalue weighted by atomic mass is 13.9. The molecular weight excluding hydrogens is 120 g/mol. The van der Waals surface area contributed by atoms with E-state index in [2.05, 4.69) is 39.8 Å². The van der Waals surface area contributed by atoms with E-state index in [1.54, 1.807) is 0 Å². The number of rotatable bonds is 3. The van der Waals surface area contributed by atoms with Crippen LogP contribution in [0, 0.1) is 0 Å². The Kier molecular flexibility index (Phi) is 5.00. The van der Waals surface area contributed by atoms with Gasteiger partial charge in [0.1, 0.15) is 0 Å². The summed E-state index contributed by atoms with van der Waals surface area (Å²) >= 11 is 0. The first-order valence-electron chi connectivity index (χ1n) is 3.95. The lowest BCUT2D eigenvalue weighted by Crippen LogP contribution is -1.73. The van der Waals surface area contributed by atoms with E-state index in [0.29, 0.717) is 0 Å². The molecule has 0 saturated carbocycles. The molecule has 0 aliphatic carbocycles. The van der Waals surface area contributed by atoms with Crippen molar-refractivity contribution in [2.45, 2.75) is 40.5 Å². The molecule has 0 aliphatic rings. The van der Waals surface area contributed by atoms with E-state index in [4.69, 9.17) is 0 Å². The predicted molar refractivity (Wildman–Crippen MR) is 48.1 cm³/mol. The highest BCUT2D eigenvalue weighted by Crippen LogP contribution is 2.04. The number of allylic oxidation sites excluding steroid dienone is 4. The molecule has 0 heterocycles. The zero-order chi connectivity index (χ0) is 7.98. The average molecular weight is 138 g/mol. The molecule has 0 heteroatoms. The predicted octanol–water partition coefficient (Wildman–Crippen LogP) is 3.70. The Balaban J connectivity index is 3.69. The van der Waals surface area contributed by atoms with Crippen molar-refractivity contribution < 1.29 is 0 Å². The van der Waals surface area contributed by atoms with Crippen molar-refractivity contribution >= 4 is 0 Å². The minimum absolute atomic E-state index is 1.12. The molecule has 0 amide bonds. The molecule has 58 valence electrons. The Labute approximate surface area is 64.6 Å². The van der Waals surface area contributed by atoms with Crippen LogP contribution in [-0.2, 0) is 0 Å². The topological polar surface area (TPSA) is 0 Å². The second-order valence-corrected chi connectivity index (χ2v) is 2.94. The van der Waals surface area contributed by atoms with E-state index in [9.17, 15) is 0 Å². The van der Waals surface area contributed by atoms with E-state index in [1.807, 2.05) is 0 Å². The van der Waals surface area contributed by atoms with Gasteiger partial charge in [0.25, 0.3) is 0 Å². The fourth-order valence-corrected chi connectivity index (χ4v) is 0.797. The normalized spacial score (nSPS) is 11.4. The van der Waals surface area contributed by atoms with Crippen molar-refractivity contribution in [2.75, 3.05) is 0 Å². The van der Waals surface area contributed by atoms with Gasteiger partial charge in [-0.2, -0.15) is 0 Å². The molecule has 0 aromatic rings. The van der Waals surface area contributed by atoms with Crippen molar-refractivity contribution in [1.29, 1.82) is 0 Å². The van der Waals surface area contributed by atoms with Gasteiger partial charge in [0.05, 0.1) is 0 Å². The second-order valence-electron chi connectivity index (χ2n) is 2.94. The third-order valence-electron chi connectivity index (χ3n) is 1.38. The van der Waals surface area contributed by atoms with Crippen LogP contribution < -0.4 is 0 Å². The molecule has 0 saturated heterocycles. The van der Waals surface area contributed by atoms with Crippen LogP contribution in [0.2, 0.25) is 0 Å². The lowest BCUT2D eigenvalue weighted by atomic mass is 10.1. The summed E-state index contributed by atoms with van der Waals surface area (Å²) in [7, 11) is 0. The van der Waals surface area contributed by atoms with Crippen molar-refractivity contribution in [3.63, 3.8) is 0 Å². The number of hydrogen-bond donors (Lipinski definition) is 0. The third kappa shape index (κ3) is 5.61. The Morgan fingerprint density at radius 1 is 1.10 bits per heavy atom. The molecule has 0 aromatic carbocycles. The highest BCUT2D eigenvalue weighted by Gasteiger charge is 1.83. The van der Waals surface area contributed by atoms with Gasteiger partial charge in [0.15, 0.2) is 0 Å². The van der Waals surface area contributed by atoms with Gasteiger partial charge in [-0.25, -0.2) is 0 Å². The Morgan fingerprint density at radius 3 is 2.10 bits per heavy atom. The first kappa shape index (κ1) is 9.48. The summed E-state index contributed by atoms with van der Waals surface area (Å²) in [6.07, 6.45) is 6.82. The maximum absolute atomic E-state index is 2.28. The fraction of sp³-hybridized carbons (Fsp3) is 0.600. The monoisotopic (exact) mass is 138 g/mol. The summed E-state index contributed by atoms with van der Waals surface area (Å²) < 4.78 is 0. The van der Waals surface area contributed by atoms with Crippen LogP contribution in [0.4, 0.5) is 0 Å². The standard InChI is InChI=1S/C10H18/c1-5-6-10(4)8-7-9(2)3/h6-7H,5,8H2,1-4H3/b10-6+. The molecule has 0 aromatic heterocycles. The van der Waals surface area contributed by atoms with E-state index >= 15 is 0 Å².